The molecule has 2 aromatic rings. The van der Waals surface area contributed by atoms with E-state index in [4.69, 9.17) is 0 Å². The highest BCUT2D eigenvalue weighted by Crippen LogP contribution is 2.17. The van der Waals surface area contributed by atoms with Crippen LogP contribution in [0.5, 0.6) is 0 Å². The highest BCUT2D eigenvalue weighted by atomic mass is 32.1. The summed E-state index contributed by atoms with van der Waals surface area (Å²) in [6, 6.07) is 10.5. The third-order valence-corrected chi connectivity index (χ3v) is 2.91. The number of aryl methyl sites for hydroxylation is 1. The number of hydrogen-bond acceptors (Lipinski definition) is 2. The minimum Gasteiger partial charge on any atom is -0.256 e. The van der Waals surface area contributed by atoms with E-state index in [2.05, 4.69) is 41.9 Å². The molecule has 15 heavy (non-hydrogen) atoms. The topological polar surface area (TPSA) is 12.9 Å². The first-order valence-corrected chi connectivity index (χ1v) is 5.98. The molecular formula is C13H15NS. The molecule has 1 nitrogen and oxygen atoms in total. The molecule has 0 amide bonds. The van der Waals surface area contributed by atoms with Crippen molar-refractivity contribution in [2.24, 2.45) is 0 Å². The molecule has 2 heteroatoms. The largest absolute Gasteiger partial charge is 0.256 e. The van der Waals surface area contributed by atoms with E-state index in [-0.39, 0.29) is 0 Å². The molecule has 0 bridgehead atoms. The Labute approximate surface area is 95.9 Å². The second-order valence-corrected chi connectivity index (χ2v) is 4.12. The van der Waals surface area contributed by atoms with Gasteiger partial charge in [-0.15, -0.1) is 0 Å². The average molecular weight is 217 g/mol. The second kappa shape index (κ2) is 5.17. The lowest BCUT2D eigenvalue weighted by Crippen LogP contribution is -1.89. The summed E-state index contributed by atoms with van der Waals surface area (Å²) >= 11 is 4.23. The molecule has 1 aromatic heterocycles. The molecule has 1 heterocycles. The van der Waals surface area contributed by atoms with Gasteiger partial charge < -0.3 is 0 Å². The normalized spacial score (nSPS) is 10.7. The maximum Gasteiger partial charge on any atom is 0.0704 e. The second-order valence-electron chi connectivity index (χ2n) is 3.67. The minimum atomic E-state index is 0.975. The van der Waals surface area contributed by atoms with Crippen LogP contribution in [0.3, 0.4) is 0 Å². The number of fused-ring (bicyclic) bond motifs is 1. The van der Waals surface area contributed by atoms with Crippen molar-refractivity contribution < 1.29 is 0 Å². The maximum atomic E-state index is 4.36. The summed E-state index contributed by atoms with van der Waals surface area (Å²) in [7, 11) is 0. The van der Waals surface area contributed by atoms with E-state index in [1.54, 1.807) is 0 Å². The summed E-state index contributed by atoms with van der Waals surface area (Å²) < 4.78 is 0. The zero-order valence-electron chi connectivity index (χ0n) is 8.69. The zero-order chi connectivity index (χ0) is 10.5. The fraction of sp³-hybridized carbons (Fsp3) is 0.308. The monoisotopic (exact) mass is 217 g/mol. The highest BCUT2D eigenvalue weighted by molar-refractivity contribution is 7.80. The SMILES string of the molecule is SCCCCc1ccnc2ccccc12. The number of unbranched alkanes of at least 4 members (excludes halogenated alkanes) is 1. The van der Waals surface area contributed by atoms with Crippen molar-refractivity contribution in [3.63, 3.8) is 0 Å². The van der Waals surface area contributed by atoms with Gasteiger partial charge in [0, 0.05) is 11.6 Å². The van der Waals surface area contributed by atoms with Gasteiger partial charge >= 0.3 is 0 Å². The van der Waals surface area contributed by atoms with Crippen molar-refractivity contribution in [1.29, 1.82) is 0 Å². The van der Waals surface area contributed by atoms with Crippen LogP contribution in [0.25, 0.3) is 10.9 Å². The lowest BCUT2D eigenvalue weighted by molar-refractivity contribution is 0.807. The first kappa shape index (κ1) is 10.5. The Hall–Kier alpha value is -1.02. The van der Waals surface area contributed by atoms with Crippen molar-refractivity contribution in [1.82, 2.24) is 4.98 Å². The number of benzene rings is 1. The smallest absolute Gasteiger partial charge is 0.0704 e. The average Bonchev–Trinajstić information content (AvgIpc) is 2.30. The molecule has 1 aromatic carbocycles. The van der Waals surface area contributed by atoms with Gasteiger partial charge in [0.2, 0.25) is 0 Å². The molecule has 0 saturated carbocycles. The molecule has 0 fully saturated rings. The fourth-order valence-electron chi connectivity index (χ4n) is 1.80. The van der Waals surface area contributed by atoms with Gasteiger partial charge in [-0.3, -0.25) is 4.98 Å². The van der Waals surface area contributed by atoms with Crippen molar-refractivity contribution in [2.45, 2.75) is 19.3 Å². The van der Waals surface area contributed by atoms with Crippen molar-refractivity contribution in [2.75, 3.05) is 5.75 Å². The Kier molecular flexibility index (Phi) is 3.62. The molecule has 0 aliphatic carbocycles. The van der Waals surface area contributed by atoms with Crippen LogP contribution in [0.2, 0.25) is 0 Å². The van der Waals surface area contributed by atoms with Gasteiger partial charge in [-0.2, -0.15) is 12.6 Å². The Morgan fingerprint density at radius 3 is 2.80 bits per heavy atom. The molecule has 0 radical (unpaired) electrons. The summed E-state index contributed by atoms with van der Waals surface area (Å²) in [5, 5.41) is 1.29. The Morgan fingerprint density at radius 2 is 1.93 bits per heavy atom. The summed E-state index contributed by atoms with van der Waals surface area (Å²) in [6.45, 7) is 0. The van der Waals surface area contributed by atoms with Crippen LogP contribution < -0.4 is 0 Å². The molecule has 0 saturated heterocycles. The standard InChI is InChI=1S/C13H15NS/c15-10-4-3-5-11-8-9-14-13-7-2-1-6-12(11)13/h1-2,6-9,15H,3-5,10H2. The van der Waals surface area contributed by atoms with Gasteiger partial charge in [0.1, 0.15) is 0 Å². The van der Waals surface area contributed by atoms with E-state index in [9.17, 15) is 0 Å². The van der Waals surface area contributed by atoms with Crippen LogP contribution in [0.4, 0.5) is 0 Å². The molecule has 78 valence electrons. The van der Waals surface area contributed by atoms with Crippen molar-refractivity contribution >= 4 is 23.5 Å². The first-order valence-electron chi connectivity index (χ1n) is 5.35. The van der Waals surface area contributed by atoms with Crippen LogP contribution >= 0.6 is 12.6 Å². The first-order chi connectivity index (χ1) is 7.42. The number of nitrogens with zero attached hydrogens (tertiary/aromatic N) is 1. The van der Waals surface area contributed by atoms with Gasteiger partial charge in [-0.05, 0) is 42.7 Å². The van der Waals surface area contributed by atoms with Crippen molar-refractivity contribution in [3.8, 4) is 0 Å². The molecule has 0 aliphatic rings. The lowest BCUT2D eigenvalue weighted by Gasteiger charge is -2.04. The van der Waals surface area contributed by atoms with Gasteiger partial charge in [-0.1, -0.05) is 18.2 Å². The Morgan fingerprint density at radius 1 is 1.07 bits per heavy atom. The lowest BCUT2D eigenvalue weighted by atomic mass is 10.0. The fourth-order valence-corrected chi connectivity index (χ4v) is 2.02. The molecule has 0 atom stereocenters. The van der Waals surface area contributed by atoms with Gasteiger partial charge in [0.15, 0.2) is 0 Å². The molecule has 2 rings (SSSR count). The number of rotatable bonds is 4. The van der Waals surface area contributed by atoms with Gasteiger partial charge in [-0.25, -0.2) is 0 Å². The number of hydrogen-bond donors (Lipinski definition) is 1. The van der Waals surface area contributed by atoms with E-state index in [1.807, 2.05) is 12.3 Å². The van der Waals surface area contributed by atoms with Crippen LogP contribution in [0.15, 0.2) is 36.5 Å². The summed E-state index contributed by atoms with van der Waals surface area (Å²) in [4.78, 5) is 4.36. The molecule has 0 N–H and O–H groups in total. The van der Waals surface area contributed by atoms with Crippen LogP contribution in [0.1, 0.15) is 18.4 Å². The van der Waals surface area contributed by atoms with Gasteiger partial charge in [0.05, 0.1) is 5.52 Å². The summed E-state index contributed by atoms with van der Waals surface area (Å²) in [5.74, 6) is 0.975. The minimum absolute atomic E-state index is 0.975. The van der Waals surface area contributed by atoms with Crippen LogP contribution in [-0.4, -0.2) is 10.7 Å². The molecule has 0 unspecified atom stereocenters. The number of aromatic nitrogens is 1. The maximum absolute atomic E-state index is 4.36. The van der Waals surface area contributed by atoms with E-state index in [1.165, 1.54) is 23.8 Å². The Balaban J connectivity index is 2.26. The highest BCUT2D eigenvalue weighted by Gasteiger charge is 2.00. The molecule has 0 aliphatic heterocycles. The third kappa shape index (κ3) is 2.51. The number of pyridine rings is 1. The predicted molar refractivity (Wildman–Crippen MR) is 68.5 cm³/mol. The Bertz CT molecular complexity index is 434. The van der Waals surface area contributed by atoms with Crippen LogP contribution in [0, 0.1) is 0 Å². The van der Waals surface area contributed by atoms with Crippen LogP contribution in [-0.2, 0) is 6.42 Å². The predicted octanol–water partition coefficient (Wildman–Crippen LogP) is 3.49. The van der Waals surface area contributed by atoms with E-state index in [0.717, 1.165) is 17.7 Å². The third-order valence-electron chi connectivity index (χ3n) is 2.59. The van der Waals surface area contributed by atoms with E-state index >= 15 is 0 Å². The number of thiol groups is 1. The number of para-hydroxylation sites is 1. The van der Waals surface area contributed by atoms with E-state index < -0.39 is 0 Å². The molecular weight excluding hydrogens is 202 g/mol. The summed E-state index contributed by atoms with van der Waals surface area (Å²) in [5.41, 5.74) is 2.50. The van der Waals surface area contributed by atoms with E-state index in [0.29, 0.717) is 0 Å². The molecule has 0 spiro atoms. The zero-order valence-corrected chi connectivity index (χ0v) is 9.58. The van der Waals surface area contributed by atoms with Crippen molar-refractivity contribution in [3.05, 3.63) is 42.1 Å². The quantitative estimate of drug-likeness (QED) is 0.611. The summed E-state index contributed by atoms with van der Waals surface area (Å²) in [6.07, 6.45) is 5.42. The van der Waals surface area contributed by atoms with Gasteiger partial charge in [0.25, 0.3) is 0 Å².